The number of rotatable bonds is 7. The molecule has 0 N–H and O–H groups in total. The highest BCUT2D eigenvalue weighted by molar-refractivity contribution is 6.35. The lowest BCUT2D eigenvalue weighted by Crippen LogP contribution is -2.02. The first-order chi connectivity index (χ1) is 16.1. The monoisotopic (exact) mass is 497 g/mol. The van der Waals surface area contributed by atoms with Crippen LogP contribution in [0.15, 0.2) is 24.3 Å². The third kappa shape index (κ3) is 4.12. The van der Waals surface area contributed by atoms with Crippen LogP contribution in [0, 0.1) is 27.7 Å². The number of hydrogen-bond acceptors (Lipinski definition) is 3. The number of aryl methyl sites for hydroxylation is 6. The first-order valence-corrected chi connectivity index (χ1v) is 12.1. The number of benzene rings is 2. The van der Waals surface area contributed by atoms with E-state index in [2.05, 4.69) is 5.10 Å². The number of nitrogens with zero attached hydrogens (tertiary/aromatic N) is 3. The molecule has 5 nitrogen and oxygen atoms in total. The molecule has 178 valence electrons. The topological polar surface area (TPSA) is 49.1 Å². The summed E-state index contributed by atoms with van der Waals surface area (Å²) in [5.41, 5.74) is 8.50. The van der Waals surface area contributed by atoms with Gasteiger partial charge in [-0.3, -0.25) is 9.48 Å². The Kier molecular flexibility index (Phi) is 6.79. The van der Waals surface area contributed by atoms with Gasteiger partial charge in [-0.15, -0.1) is 0 Å². The minimum Gasteiger partial charge on any atom is -0.494 e. The van der Waals surface area contributed by atoms with Crippen molar-refractivity contribution in [3.8, 4) is 16.9 Å². The van der Waals surface area contributed by atoms with Gasteiger partial charge in [0.25, 0.3) is 0 Å². The zero-order valence-corrected chi connectivity index (χ0v) is 21.9. The van der Waals surface area contributed by atoms with Crippen LogP contribution in [0.4, 0.5) is 0 Å². The van der Waals surface area contributed by atoms with Crippen molar-refractivity contribution in [1.82, 2.24) is 14.3 Å². The molecule has 34 heavy (non-hydrogen) atoms. The summed E-state index contributed by atoms with van der Waals surface area (Å²) in [4.78, 5) is 12.1. The minimum atomic E-state index is 0.538. The number of carbonyl (C=O) groups excluding carboxylic acids is 1. The second kappa shape index (κ2) is 9.47. The molecule has 4 aromatic rings. The Morgan fingerprint density at radius 3 is 2.29 bits per heavy atom. The summed E-state index contributed by atoms with van der Waals surface area (Å²) in [6.07, 6.45) is 2.41. The molecular weight excluding hydrogens is 469 g/mol. The number of hydrogen-bond donors (Lipinski definition) is 0. The van der Waals surface area contributed by atoms with E-state index in [1.165, 1.54) is 0 Å². The SMILES string of the molecule is Cc1cc(OCCCc2c(C=O)n(C)c3c(-c4c(C)nn(C)c4C)c(Cl)ccc23)cc(C)c1Cl. The van der Waals surface area contributed by atoms with Crippen LogP contribution in [0.1, 0.15) is 45.0 Å². The van der Waals surface area contributed by atoms with Crippen LogP contribution >= 0.6 is 23.2 Å². The van der Waals surface area contributed by atoms with E-state index in [1.807, 2.05) is 75.3 Å². The van der Waals surface area contributed by atoms with Crippen molar-refractivity contribution < 1.29 is 9.53 Å². The summed E-state index contributed by atoms with van der Waals surface area (Å²) < 4.78 is 9.82. The quantitative estimate of drug-likeness (QED) is 0.205. The first-order valence-electron chi connectivity index (χ1n) is 11.3. The Labute approximate surface area is 210 Å². The standard InChI is InChI=1S/C27H29Cl2N3O2/c1-15-12-19(13-16(2)26(15)29)34-11-7-8-20-21-9-10-22(28)25(27(21)31(5)23(20)14-33)24-17(3)30-32(6)18(24)4/h9-10,12-14H,7-8,11H2,1-6H3. The lowest BCUT2D eigenvalue weighted by molar-refractivity contribution is 0.111. The third-order valence-corrected chi connectivity index (χ3v) is 7.49. The van der Waals surface area contributed by atoms with Crippen LogP contribution in [0.2, 0.25) is 10.0 Å². The third-order valence-electron chi connectivity index (χ3n) is 6.58. The van der Waals surface area contributed by atoms with Gasteiger partial charge in [0.15, 0.2) is 6.29 Å². The maximum atomic E-state index is 12.1. The number of fused-ring (bicyclic) bond motifs is 1. The molecule has 0 aliphatic heterocycles. The molecular formula is C27H29Cl2N3O2. The fourth-order valence-corrected chi connectivity index (χ4v) is 5.19. The molecule has 0 amide bonds. The van der Waals surface area contributed by atoms with Crippen molar-refractivity contribution in [3.05, 3.63) is 68.1 Å². The molecule has 0 bridgehead atoms. The summed E-state index contributed by atoms with van der Waals surface area (Å²) in [7, 11) is 3.85. The Hall–Kier alpha value is -2.76. The van der Waals surface area contributed by atoms with Crippen molar-refractivity contribution in [1.29, 1.82) is 0 Å². The average Bonchev–Trinajstić information content (AvgIpc) is 3.21. The fraction of sp³-hybridized carbons (Fsp3) is 0.333. The van der Waals surface area contributed by atoms with Gasteiger partial charge >= 0.3 is 0 Å². The Balaban J connectivity index is 1.68. The van der Waals surface area contributed by atoms with E-state index < -0.39 is 0 Å². The highest BCUT2D eigenvalue weighted by Gasteiger charge is 2.23. The molecule has 0 spiro atoms. The van der Waals surface area contributed by atoms with E-state index in [-0.39, 0.29) is 0 Å². The number of aromatic nitrogens is 3. The highest BCUT2D eigenvalue weighted by atomic mass is 35.5. The van der Waals surface area contributed by atoms with Gasteiger partial charge in [-0.2, -0.15) is 5.10 Å². The summed E-state index contributed by atoms with van der Waals surface area (Å²) in [6.45, 7) is 8.51. The van der Waals surface area contributed by atoms with Crippen LogP contribution in [0.25, 0.3) is 22.0 Å². The van der Waals surface area contributed by atoms with Crippen LogP contribution in [0.5, 0.6) is 5.75 Å². The second-order valence-electron chi connectivity index (χ2n) is 8.85. The second-order valence-corrected chi connectivity index (χ2v) is 9.64. The van der Waals surface area contributed by atoms with Gasteiger partial charge in [-0.1, -0.05) is 29.3 Å². The average molecular weight is 498 g/mol. The summed E-state index contributed by atoms with van der Waals surface area (Å²) in [5, 5.41) is 7.02. The minimum absolute atomic E-state index is 0.538. The molecule has 7 heteroatoms. The molecule has 2 aromatic carbocycles. The van der Waals surface area contributed by atoms with Crippen LogP contribution in [0.3, 0.4) is 0 Å². The Morgan fingerprint density at radius 2 is 1.71 bits per heavy atom. The maximum absolute atomic E-state index is 12.1. The van der Waals surface area contributed by atoms with Gasteiger partial charge in [0, 0.05) is 41.3 Å². The van der Waals surface area contributed by atoms with E-state index in [1.54, 1.807) is 0 Å². The van der Waals surface area contributed by atoms with E-state index in [0.29, 0.717) is 23.7 Å². The van der Waals surface area contributed by atoms with Crippen LogP contribution < -0.4 is 4.74 Å². The molecule has 0 unspecified atom stereocenters. The van der Waals surface area contributed by atoms with Gasteiger partial charge < -0.3 is 9.30 Å². The molecule has 0 saturated heterocycles. The van der Waals surface area contributed by atoms with Crippen LogP contribution in [-0.2, 0) is 20.5 Å². The largest absolute Gasteiger partial charge is 0.494 e. The van der Waals surface area contributed by atoms with Gasteiger partial charge in [-0.25, -0.2) is 0 Å². The number of carbonyl (C=O) groups is 1. The van der Waals surface area contributed by atoms with E-state index in [4.69, 9.17) is 27.9 Å². The van der Waals surface area contributed by atoms with Crippen molar-refractivity contribution in [2.45, 2.75) is 40.5 Å². The molecule has 2 heterocycles. The maximum Gasteiger partial charge on any atom is 0.166 e. The number of aldehydes is 1. The lowest BCUT2D eigenvalue weighted by Gasteiger charge is -2.11. The smallest absolute Gasteiger partial charge is 0.166 e. The zero-order valence-electron chi connectivity index (χ0n) is 20.4. The predicted molar refractivity (Wildman–Crippen MR) is 140 cm³/mol. The number of halogens is 2. The van der Waals surface area contributed by atoms with E-state index >= 15 is 0 Å². The van der Waals surface area contributed by atoms with Crippen molar-refractivity contribution in [2.75, 3.05) is 6.61 Å². The lowest BCUT2D eigenvalue weighted by atomic mass is 9.98. The Bertz CT molecular complexity index is 1390. The summed E-state index contributed by atoms with van der Waals surface area (Å²) >= 11 is 13.0. The molecule has 0 fully saturated rings. The molecule has 0 aliphatic carbocycles. The Morgan fingerprint density at radius 1 is 1.03 bits per heavy atom. The van der Waals surface area contributed by atoms with Gasteiger partial charge in [0.2, 0.25) is 0 Å². The normalized spacial score (nSPS) is 11.4. The highest BCUT2D eigenvalue weighted by Crippen LogP contribution is 2.41. The van der Waals surface area contributed by atoms with E-state index in [0.717, 1.165) is 73.6 Å². The van der Waals surface area contributed by atoms with E-state index in [9.17, 15) is 4.79 Å². The number of ether oxygens (including phenoxy) is 1. The van der Waals surface area contributed by atoms with Crippen molar-refractivity contribution in [2.24, 2.45) is 14.1 Å². The summed E-state index contributed by atoms with van der Waals surface area (Å²) in [5.74, 6) is 0.810. The van der Waals surface area contributed by atoms with Crippen molar-refractivity contribution in [3.63, 3.8) is 0 Å². The van der Waals surface area contributed by atoms with Gasteiger partial charge in [0.05, 0.1) is 28.5 Å². The molecule has 0 saturated carbocycles. The van der Waals surface area contributed by atoms with Gasteiger partial charge in [-0.05, 0) is 75.4 Å². The van der Waals surface area contributed by atoms with Crippen LogP contribution in [-0.4, -0.2) is 27.2 Å². The molecule has 0 atom stereocenters. The summed E-state index contributed by atoms with van der Waals surface area (Å²) in [6, 6.07) is 7.84. The fourth-order valence-electron chi connectivity index (χ4n) is 4.83. The molecule has 4 rings (SSSR count). The first kappa shape index (κ1) is 24.4. The molecule has 0 radical (unpaired) electrons. The molecule has 2 aromatic heterocycles. The van der Waals surface area contributed by atoms with Gasteiger partial charge in [0.1, 0.15) is 5.75 Å². The van der Waals surface area contributed by atoms with Crippen molar-refractivity contribution >= 4 is 40.4 Å². The molecule has 0 aliphatic rings. The zero-order chi connectivity index (χ0) is 24.7. The predicted octanol–water partition coefficient (Wildman–Crippen LogP) is 6.94.